The Bertz CT molecular complexity index is 2430. The van der Waals surface area contributed by atoms with E-state index in [-0.39, 0.29) is 112 Å². The summed E-state index contributed by atoms with van der Waals surface area (Å²) >= 11 is 0. The second-order valence-electron chi connectivity index (χ2n) is 29.8. The first-order valence-electron chi connectivity index (χ1n) is 30.9. The first kappa shape index (κ1) is 71.4. The summed E-state index contributed by atoms with van der Waals surface area (Å²) in [6.07, 6.45) is 8.19. The third-order valence-electron chi connectivity index (χ3n) is 19.2. The van der Waals surface area contributed by atoms with Gasteiger partial charge in [-0.2, -0.15) is 0 Å². The van der Waals surface area contributed by atoms with E-state index < -0.39 is 46.9 Å². The van der Waals surface area contributed by atoms with Gasteiger partial charge in [0.05, 0.1) is 12.2 Å². The number of aromatic amines is 1. The van der Waals surface area contributed by atoms with Gasteiger partial charge < -0.3 is 34.8 Å². The summed E-state index contributed by atoms with van der Waals surface area (Å²) in [6.45, 7) is 54.8. The number of amides is 2. The van der Waals surface area contributed by atoms with Crippen LogP contribution in [0.3, 0.4) is 0 Å². The maximum atomic E-state index is 15.7. The summed E-state index contributed by atoms with van der Waals surface area (Å²) in [5, 5.41) is 8.45. The van der Waals surface area contributed by atoms with E-state index in [1.165, 1.54) is 0 Å². The maximum Gasteiger partial charge on any atom is 2.00 e. The van der Waals surface area contributed by atoms with Crippen molar-refractivity contribution < 1.29 is 57.7 Å². The zero-order valence-corrected chi connectivity index (χ0v) is 58.4. The zero-order valence-electron chi connectivity index (χ0n) is 55.4. The number of carbonyl (C=O) groups excluding carboxylic acids is 5. The quantitative estimate of drug-likeness (QED) is 0.0428. The van der Waals surface area contributed by atoms with Gasteiger partial charge in [0.25, 0.3) is 0 Å². The van der Waals surface area contributed by atoms with Gasteiger partial charge in [0.1, 0.15) is 23.6 Å². The fourth-order valence-corrected chi connectivity index (χ4v) is 13.7. The molecular formula is C68H111N4O8Zn+. The van der Waals surface area contributed by atoms with Crippen LogP contribution in [0.2, 0.25) is 0 Å². The van der Waals surface area contributed by atoms with E-state index in [9.17, 15) is 9.59 Å². The van der Waals surface area contributed by atoms with E-state index in [1.54, 1.807) is 6.92 Å². The molecule has 4 unspecified atom stereocenters. The van der Waals surface area contributed by atoms with Crippen LogP contribution in [0.5, 0.6) is 0 Å². The minimum Gasteiger partial charge on any atom is -0.462 e. The minimum absolute atomic E-state index is 0. The predicted octanol–water partition coefficient (Wildman–Crippen LogP) is 17.5. The van der Waals surface area contributed by atoms with Gasteiger partial charge in [-0.05, 0) is 152 Å². The van der Waals surface area contributed by atoms with Gasteiger partial charge >= 0.3 is 37.4 Å². The first-order chi connectivity index (χ1) is 36.8. The molecule has 2 amide bonds. The fourth-order valence-electron chi connectivity index (χ4n) is 13.7. The van der Waals surface area contributed by atoms with Gasteiger partial charge in [0.2, 0.25) is 5.91 Å². The van der Waals surface area contributed by atoms with Crippen LogP contribution in [0.1, 0.15) is 264 Å². The molecule has 2 aliphatic carbocycles. The number of nitrogens with one attached hydrogen (secondary N) is 2. The number of hydrogen-bond donors (Lipinski definition) is 2. The largest absolute Gasteiger partial charge is 2.00 e. The van der Waals surface area contributed by atoms with Crippen LogP contribution in [-0.2, 0) is 52.9 Å². The van der Waals surface area contributed by atoms with Crippen molar-refractivity contribution in [2.24, 2.45) is 78.9 Å². The second-order valence-corrected chi connectivity index (χ2v) is 29.8. The maximum absolute atomic E-state index is 15.7. The van der Waals surface area contributed by atoms with E-state index in [2.05, 4.69) is 114 Å². The van der Waals surface area contributed by atoms with Crippen molar-refractivity contribution in [1.29, 1.82) is 0 Å². The summed E-state index contributed by atoms with van der Waals surface area (Å²) in [6, 6.07) is 0. The van der Waals surface area contributed by atoms with Crippen LogP contribution in [-0.4, -0.2) is 59.4 Å². The molecule has 0 saturated heterocycles. The molecule has 2 fully saturated rings. The molecule has 12 nitrogen and oxygen atoms in total. The second kappa shape index (κ2) is 27.9. The normalized spacial score (nSPS) is 24.3. The van der Waals surface area contributed by atoms with Gasteiger partial charge in [-0.3, -0.25) is 9.59 Å². The molecule has 81 heavy (non-hydrogen) atoms. The Kier molecular flexibility index (Phi) is 24.6. The third kappa shape index (κ3) is 16.5. The molecule has 0 radical (unpaired) electrons. The van der Waals surface area contributed by atoms with Gasteiger partial charge in [0, 0.05) is 45.8 Å². The first-order valence-corrected chi connectivity index (χ1v) is 30.9. The average Bonchev–Trinajstić information content (AvgIpc) is 3.89. The Hall–Kier alpha value is -3.86. The molecule has 452 valence electrons. The number of nitrogens with zero attached hydrogens (tertiary/aromatic N) is 2. The standard InChI is InChI=1S/C68H112N4O8.Zn/c1-26-67(27-2,28-3)61(76)71-56-52(59(74)79-54-44(63(14,15)16)34-42(12)35-45(54)64(17,18)19)50(39(6)7)48(69-56)38-49-51(40(8)9)53(60(75)80-55-46(65(20,21)22)36-43(13)37-47(55)66(23,24)25)57(70-49)72-62(77)68(29-4,30-5)32-31-33-78-58(73)41(10)11;/h38-40,42-47,54-55H,10,26-37H2,1-9,11-25H3,(H3,69,70,71,72,74,75,76,77);/q;+2/p-1. The van der Waals surface area contributed by atoms with Gasteiger partial charge in [-0.15, -0.1) is 0 Å². The number of hydrogen-bond acceptors (Lipinski definition) is 8. The van der Waals surface area contributed by atoms with Crippen molar-refractivity contribution in [3.05, 3.63) is 51.1 Å². The third-order valence-corrected chi connectivity index (χ3v) is 19.2. The number of H-pyrrole nitrogens is 1. The summed E-state index contributed by atoms with van der Waals surface area (Å²) in [4.78, 5) is 81.7. The number of aromatic nitrogens is 1. The molecule has 1 aromatic rings. The molecule has 3 aliphatic rings. The number of esters is 3. The van der Waals surface area contributed by atoms with Crippen LogP contribution in [0.15, 0.2) is 34.0 Å². The van der Waals surface area contributed by atoms with Crippen molar-refractivity contribution in [2.45, 2.75) is 255 Å². The number of ether oxygens (including phenoxy) is 3. The van der Waals surface area contributed by atoms with Crippen LogP contribution in [0, 0.1) is 73.9 Å². The monoisotopic (exact) mass is 1180 g/mol. The van der Waals surface area contributed by atoms with E-state index >= 15 is 14.4 Å². The Balaban J connectivity index is 0.0000172. The molecule has 4 atom stereocenters. The van der Waals surface area contributed by atoms with E-state index in [4.69, 9.17) is 24.5 Å². The molecule has 1 aromatic heterocycles. The van der Waals surface area contributed by atoms with Gasteiger partial charge in [0.15, 0.2) is 5.91 Å². The van der Waals surface area contributed by atoms with Crippen molar-refractivity contribution in [3.8, 4) is 0 Å². The number of amidine groups is 1. The molecule has 0 bridgehead atoms. The Morgan fingerprint density at radius 1 is 0.679 bits per heavy atom. The molecule has 13 heteroatoms. The molecular weight excluding hydrogens is 1070 g/mol. The fraction of sp³-hybridized carbons (Fsp3) is 0.765. The molecule has 0 spiro atoms. The Morgan fingerprint density at radius 3 is 1.47 bits per heavy atom. The van der Waals surface area contributed by atoms with Gasteiger partial charge in [-0.25, -0.2) is 14.4 Å². The van der Waals surface area contributed by atoms with E-state index in [0.29, 0.717) is 84.9 Å². The molecule has 2 N–H and O–H groups in total. The average molecular weight is 1180 g/mol. The van der Waals surface area contributed by atoms with Crippen molar-refractivity contribution in [1.82, 2.24) is 4.98 Å². The number of anilines is 1. The minimum atomic E-state index is -0.947. The number of allylic oxidation sites excluding steroid dienone is 1. The summed E-state index contributed by atoms with van der Waals surface area (Å²) < 4.78 is 19.4. The van der Waals surface area contributed by atoms with Crippen LogP contribution in [0.25, 0.3) is 11.4 Å². The molecule has 2 heterocycles. The zero-order chi connectivity index (χ0) is 61.0. The summed E-state index contributed by atoms with van der Waals surface area (Å²) in [5.41, 5.74) is 0.505. The predicted molar refractivity (Wildman–Crippen MR) is 328 cm³/mol. The van der Waals surface area contributed by atoms with Gasteiger partial charge in [-0.1, -0.05) is 166 Å². The summed E-state index contributed by atoms with van der Waals surface area (Å²) in [7, 11) is 0. The van der Waals surface area contributed by atoms with E-state index in [0.717, 1.165) is 25.7 Å². The smallest absolute Gasteiger partial charge is 0.462 e. The molecule has 4 rings (SSSR count). The van der Waals surface area contributed by atoms with Crippen molar-refractivity contribution >= 4 is 47.5 Å². The van der Waals surface area contributed by atoms with E-state index in [1.807, 2.05) is 68.4 Å². The van der Waals surface area contributed by atoms with Crippen LogP contribution in [0.4, 0.5) is 5.82 Å². The van der Waals surface area contributed by atoms with Crippen LogP contribution >= 0.6 is 0 Å². The number of carbonyl (C=O) groups is 5. The Labute approximate surface area is 504 Å². The van der Waals surface area contributed by atoms with Crippen LogP contribution < -0.4 is 5.32 Å². The SMILES string of the molecule is C=C(C)C(=O)OCCCC(CC)(CC)C(=O)N=C1[N-]/C(=C\c2[nH]c(NC(=O)C(CC)(CC)CC)c(C(=O)OC3C(C(C)(C)C)CC(C)CC3C(C)(C)C)c2C(C)C)C(C(C)C)=C1C(=O)OC1C(C(C)(C)C)CC(C)CC1C(C)(C)C.[Zn+2]. The molecule has 0 aromatic carbocycles. The van der Waals surface area contributed by atoms with Crippen molar-refractivity contribution in [2.75, 3.05) is 11.9 Å². The topological polar surface area (TPSA) is 167 Å². The summed E-state index contributed by atoms with van der Waals surface area (Å²) in [5.74, 6) is -1.38. The number of rotatable bonds is 20. The Morgan fingerprint density at radius 2 is 1.10 bits per heavy atom. The molecule has 2 saturated carbocycles. The van der Waals surface area contributed by atoms with Crippen molar-refractivity contribution in [3.63, 3.8) is 0 Å². The molecule has 1 aliphatic heterocycles. The number of aliphatic imine (C=N–C) groups is 1.